The Morgan fingerprint density at radius 1 is 1.31 bits per heavy atom. The van der Waals surface area contributed by atoms with Gasteiger partial charge in [-0.15, -0.1) is 0 Å². The zero-order valence-electron chi connectivity index (χ0n) is 10.7. The molecule has 1 nitrogen and oxygen atoms in total. The molecule has 2 rings (SSSR count). The maximum Gasteiger partial charge on any atom is 0.0568 e. The molecular weight excluding hydrogens is 196 g/mol. The lowest BCUT2D eigenvalue weighted by Gasteiger charge is -2.29. The number of hydrogen-bond donors (Lipinski definition) is 1. The minimum absolute atomic E-state index is 0.110. The maximum absolute atomic E-state index is 9.83. The van der Waals surface area contributed by atoms with Gasteiger partial charge in [0.05, 0.1) is 6.10 Å². The first-order chi connectivity index (χ1) is 7.39. The fourth-order valence-electron chi connectivity index (χ4n) is 2.99. The second kappa shape index (κ2) is 3.59. The maximum atomic E-state index is 9.83. The first kappa shape index (κ1) is 11.7. The van der Waals surface area contributed by atoms with Gasteiger partial charge in [0.1, 0.15) is 0 Å². The third-order valence-electron chi connectivity index (χ3n) is 4.62. The number of hydrogen-bond acceptors (Lipinski definition) is 1. The normalized spacial score (nSPS) is 31.2. The Kier molecular flexibility index (Phi) is 2.62. The molecule has 1 saturated carbocycles. The Labute approximate surface area is 98.5 Å². The Morgan fingerprint density at radius 2 is 1.88 bits per heavy atom. The van der Waals surface area contributed by atoms with Gasteiger partial charge in [-0.25, -0.2) is 0 Å². The van der Waals surface area contributed by atoms with Gasteiger partial charge in [-0.3, -0.25) is 0 Å². The molecule has 3 atom stereocenters. The third kappa shape index (κ3) is 1.67. The predicted molar refractivity (Wildman–Crippen MR) is 67.4 cm³/mol. The van der Waals surface area contributed by atoms with Gasteiger partial charge in [0.2, 0.25) is 0 Å². The first-order valence-electron chi connectivity index (χ1n) is 6.12. The quantitative estimate of drug-likeness (QED) is 0.824. The summed E-state index contributed by atoms with van der Waals surface area (Å²) in [5, 5.41) is 9.83. The summed E-state index contributed by atoms with van der Waals surface area (Å²) in [6, 6.07) is 10.6. The highest BCUT2D eigenvalue weighted by atomic mass is 16.3. The second-order valence-corrected chi connectivity index (χ2v) is 6.03. The molecule has 1 N–H and O–H groups in total. The van der Waals surface area contributed by atoms with Crippen LogP contribution in [-0.2, 0) is 5.41 Å². The van der Waals surface area contributed by atoms with E-state index in [-0.39, 0.29) is 16.9 Å². The summed E-state index contributed by atoms with van der Waals surface area (Å²) < 4.78 is 0. The van der Waals surface area contributed by atoms with Gasteiger partial charge in [0.15, 0.2) is 0 Å². The number of benzene rings is 1. The van der Waals surface area contributed by atoms with Crippen LogP contribution < -0.4 is 0 Å². The van der Waals surface area contributed by atoms with Crippen molar-refractivity contribution in [3.05, 3.63) is 35.9 Å². The summed E-state index contributed by atoms with van der Waals surface area (Å²) in [5.74, 6) is 0.586. The molecule has 1 aromatic carbocycles. The van der Waals surface area contributed by atoms with Crippen molar-refractivity contribution in [3.8, 4) is 0 Å². The molecule has 1 aliphatic rings. The molecule has 1 fully saturated rings. The molecule has 1 aromatic rings. The molecule has 0 heterocycles. The summed E-state index contributed by atoms with van der Waals surface area (Å²) in [5.41, 5.74) is 1.65. The molecule has 0 aromatic heterocycles. The third-order valence-corrected chi connectivity index (χ3v) is 4.62. The van der Waals surface area contributed by atoms with Crippen LogP contribution in [0.25, 0.3) is 0 Å². The number of aliphatic hydroxyl groups excluding tert-OH is 1. The van der Waals surface area contributed by atoms with Crippen LogP contribution in [0.3, 0.4) is 0 Å². The monoisotopic (exact) mass is 218 g/mol. The molecule has 0 amide bonds. The lowest BCUT2D eigenvalue weighted by molar-refractivity contribution is 0.102. The van der Waals surface area contributed by atoms with Crippen LogP contribution >= 0.6 is 0 Å². The minimum Gasteiger partial charge on any atom is -0.393 e. The average molecular weight is 218 g/mol. The smallest absolute Gasteiger partial charge is 0.0568 e. The van der Waals surface area contributed by atoms with Crippen LogP contribution in [0.15, 0.2) is 30.3 Å². The van der Waals surface area contributed by atoms with Crippen molar-refractivity contribution in [1.29, 1.82) is 0 Å². The second-order valence-electron chi connectivity index (χ2n) is 6.03. The lowest BCUT2D eigenvalue weighted by Crippen LogP contribution is -2.27. The summed E-state index contributed by atoms with van der Waals surface area (Å²) in [6.07, 6.45) is 0.924. The first-order valence-corrected chi connectivity index (χ1v) is 6.12. The van der Waals surface area contributed by atoms with Crippen molar-refractivity contribution in [2.24, 2.45) is 11.3 Å². The summed E-state index contributed by atoms with van der Waals surface area (Å²) >= 11 is 0. The molecule has 88 valence electrons. The van der Waals surface area contributed by atoms with E-state index in [0.29, 0.717) is 5.92 Å². The Bertz CT molecular complexity index is 366. The Balaban J connectivity index is 2.23. The molecule has 1 aliphatic carbocycles. The van der Waals surface area contributed by atoms with E-state index in [1.807, 2.05) is 6.92 Å². The van der Waals surface area contributed by atoms with Crippen LogP contribution in [-0.4, -0.2) is 11.2 Å². The van der Waals surface area contributed by atoms with E-state index in [4.69, 9.17) is 0 Å². The topological polar surface area (TPSA) is 20.2 Å². The standard InChI is InChI=1S/C15H22O/c1-11(16)15(4)10-13(15)14(2,3)12-8-6-5-7-9-12/h5-9,11,13,16H,10H2,1-4H3/t11-,13-,15+/m0/s1. The van der Waals surface area contributed by atoms with Crippen molar-refractivity contribution in [3.63, 3.8) is 0 Å². The van der Waals surface area contributed by atoms with Gasteiger partial charge in [-0.1, -0.05) is 51.1 Å². The molecule has 0 radical (unpaired) electrons. The zero-order chi connectivity index (χ0) is 12.0. The zero-order valence-corrected chi connectivity index (χ0v) is 10.7. The van der Waals surface area contributed by atoms with Gasteiger partial charge in [0.25, 0.3) is 0 Å². The fourth-order valence-corrected chi connectivity index (χ4v) is 2.99. The average Bonchev–Trinajstić information content (AvgIpc) is 2.95. The van der Waals surface area contributed by atoms with Gasteiger partial charge >= 0.3 is 0 Å². The van der Waals surface area contributed by atoms with Gasteiger partial charge in [-0.2, -0.15) is 0 Å². The molecule has 0 spiro atoms. The van der Waals surface area contributed by atoms with Crippen LogP contribution in [0.4, 0.5) is 0 Å². The van der Waals surface area contributed by atoms with Crippen LogP contribution in [0.2, 0.25) is 0 Å². The minimum atomic E-state index is -0.208. The largest absolute Gasteiger partial charge is 0.393 e. The molecular formula is C15H22O. The van der Waals surface area contributed by atoms with E-state index in [0.717, 1.165) is 6.42 Å². The van der Waals surface area contributed by atoms with E-state index in [9.17, 15) is 5.11 Å². The summed E-state index contributed by atoms with van der Waals surface area (Å²) in [6.45, 7) is 8.70. The van der Waals surface area contributed by atoms with Crippen molar-refractivity contribution in [1.82, 2.24) is 0 Å². The summed E-state index contributed by atoms with van der Waals surface area (Å²) in [4.78, 5) is 0. The van der Waals surface area contributed by atoms with Crippen molar-refractivity contribution in [2.45, 2.75) is 45.6 Å². The molecule has 0 bridgehead atoms. The van der Waals surface area contributed by atoms with E-state index in [1.54, 1.807) is 0 Å². The highest BCUT2D eigenvalue weighted by Gasteiger charge is 2.59. The number of rotatable bonds is 3. The van der Waals surface area contributed by atoms with Crippen LogP contribution in [0.1, 0.15) is 39.7 Å². The van der Waals surface area contributed by atoms with Gasteiger partial charge < -0.3 is 5.11 Å². The van der Waals surface area contributed by atoms with E-state index in [1.165, 1.54) is 5.56 Å². The molecule has 1 heteroatoms. The van der Waals surface area contributed by atoms with Crippen molar-refractivity contribution >= 4 is 0 Å². The van der Waals surface area contributed by atoms with Crippen molar-refractivity contribution in [2.75, 3.05) is 0 Å². The molecule has 0 aliphatic heterocycles. The fraction of sp³-hybridized carbons (Fsp3) is 0.600. The highest BCUT2D eigenvalue weighted by Crippen LogP contribution is 2.62. The van der Waals surface area contributed by atoms with E-state index in [2.05, 4.69) is 51.1 Å². The summed E-state index contributed by atoms with van der Waals surface area (Å²) in [7, 11) is 0. The van der Waals surface area contributed by atoms with Gasteiger partial charge in [0, 0.05) is 0 Å². The number of aliphatic hydroxyl groups is 1. The molecule has 0 unspecified atom stereocenters. The van der Waals surface area contributed by atoms with E-state index >= 15 is 0 Å². The Hall–Kier alpha value is -0.820. The van der Waals surface area contributed by atoms with Crippen LogP contribution in [0.5, 0.6) is 0 Å². The molecule has 16 heavy (non-hydrogen) atoms. The van der Waals surface area contributed by atoms with E-state index < -0.39 is 0 Å². The Morgan fingerprint density at radius 3 is 2.31 bits per heavy atom. The SMILES string of the molecule is C[C@H](O)[C@@]1(C)C[C@H]1C(C)(C)c1ccccc1. The van der Waals surface area contributed by atoms with Gasteiger partial charge in [-0.05, 0) is 35.7 Å². The lowest BCUT2D eigenvalue weighted by atomic mass is 9.76. The predicted octanol–water partition coefficient (Wildman–Crippen LogP) is 3.37. The molecule has 0 saturated heterocycles. The van der Waals surface area contributed by atoms with Crippen molar-refractivity contribution < 1.29 is 5.11 Å². The highest BCUT2D eigenvalue weighted by molar-refractivity contribution is 5.29. The van der Waals surface area contributed by atoms with Crippen LogP contribution in [0, 0.1) is 11.3 Å².